The first kappa shape index (κ1) is 19.8. The number of aliphatic hydroxyl groups excluding tert-OH is 1. The van der Waals surface area contributed by atoms with Gasteiger partial charge in [0.1, 0.15) is 11.3 Å². The number of nitrogens with one attached hydrogen (secondary N) is 2. The summed E-state index contributed by atoms with van der Waals surface area (Å²) in [5.41, 5.74) is 1.84. The summed E-state index contributed by atoms with van der Waals surface area (Å²) in [5.74, 6) is 0.339. The molecule has 0 aliphatic heterocycles. The smallest absolute Gasteiger partial charge is 0.320 e. The molecule has 2 heterocycles. The molecule has 0 radical (unpaired) electrons. The largest absolute Gasteiger partial charge is 0.391 e. The monoisotopic (exact) mass is 393 g/mol. The second-order valence-corrected chi connectivity index (χ2v) is 6.05. The lowest BCUT2D eigenvalue weighted by molar-refractivity contribution is 0.252. The molecule has 2 aromatic heterocycles. The van der Waals surface area contributed by atoms with E-state index in [1.165, 1.54) is 12.3 Å². The van der Waals surface area contributed by atoms with Crippen LogP contribution in [0.2, 0.25) is 0 Å². The van der Waals surface area contributed by atoms with Crippen LogP contribution in [0.25, 0.3) is 16.7 Å². The van der Waals surface area contributed by atoms with Gasteiger partial charge in [-0.05, 0) is 31.2 Å². The van der Waals surface area contributed by atoms with E-state index in [2.05, 4.69) is 32.2 Å². The van der Waals surface area contributed by atoms with Crippen molar-refractivity contribution in [3.63, 3.8) is 0 Å². The lowest BCUT2D eigenvalue weighted by Crippen LogP contribution is -2.28. The number of fused-ring (bicyclic) bond motifs is 1. The van der Waals surface area contributed by atoms with Crippen LogP contribution >= 0.6 is 23.2 Å². The van der Waals surface area contributed by atoms with Gasteiger partial charge >= 0.3 is 6.03 Å². The zero-order valence-corrected chi connectivity index (χ0v) is 15.5. The van der Waals surface area contributed by atoms with Crippen molar-refractivity contribution in [1.29, 1.82) is 0 Å². The van der Waals surface area contributed by atoms with E-state index >= 15 is 0 Å². The molecule has 26 heavy (non-hydrogen) atoms. The van der Waals surface area contributed by atoms with Crippen molar-refractivity contribution in [2.45, 2.75) is 6.92 Å². The number of halogens is 2. The Hall–Kier alpha value is -2.48. The summed E-state index contributed by atoms with van der Waals surface area (Å²) in [6, 6.07) is 2.97. The number of amides is 2. The van der Waals surface area contributed by atoms with Crippen molar-refractivity contribution in [3.05, 3.63) is 52.8 Å². The number of pyridine rings is 1. The molecule has 0 saturated carbocycles. The Morgan fingerprint density at radius 3 is 2.73 bits per heavy atom. The van der Waals surface area contributed by atoms with Gasteiger partial charge < -0.3 is 10.4 Å². The summed E-state index contributed by atoms with van der Waals surface area (Å²) < 4.78 is 0. The fourth-order valence-corrected chi connectivity index (χ4v) is 2.24. The van der Waals surface area contributed by atoms with E-state index in [-0.39, 0.29) is 22.7 Å². The number of nitrogens with zero attached hydrogens (tertiary/aromatic N) is 3. The SMILES string of the molecule is C=C(Cl)/C=C(\C=C(\Cl)CO)c1cnc2ccc(NC(=O)NCC)nc2n1. The van der Waals surface area contributed by atoms with Gasteiger partial charge in [-0.1, -0.05) is 29.8 Å². The normalized spacial score (nSPS) is 12.2. The number of carbonyl (C=O) groups excluding carboxylic acids is 1. The lowest BCUT2D eigenvalue weighted by atomic mass is 10.1. The number of hydrogen-bond donors (Lipinski definition) is 3. The van der Waals surface area contributed by atoms with E-state index in [9.17, 15) is 4.79 Å². The van der Waals surface area contributed by atoms with Crippen LogP contribution in [-0.2, 0) is 0 Å². The van der Waals surface area contributed by atoms with Crippen LogP contribution in [0.5, 0.6) is 0 Å². The average Bonchev–Trinajstić information content (AvgIpc) is 2.60. The number of aliphatic hydroxyl groups is 1. The summed E-state index contributed by atoms with van der Waals surface area (Å²) in [6.07, 6.45) is 4.60. The number of anilines is 1. The number of aromatic nitrogens is 3. The maximum Gasteiger partial charge on any atom is 0.320 e. The zero-order chi connectivity index (χ0) is 19.1. The van der Waals surface area contributed by atoms with Crippen LogP contribution in [0.15, 0.2) is 47.1 Å². The molecule has 9 heteroatoms. The van der Waals surface area contributed by atoms with Crippen molar-refractivity contribution in [1.82, 2.24) is 20.3 Å². The third-order valence-corrected chi connectivity index (χ3v) is 3.39. The molecule has 0 saturated heterocycles. The molecule has 0 atom stereocenters. The molecular weight excluding hydrogens is 377 g/mol. The van der Waals surface area contributed by atoms with Crippen LogP contribution in [0.1, 0.15) is 12.6 Å². The van der Waals surface area contributed by atoms with E-state index in [4.69, 9.17) is 28.3 Å². The second-order valence-electron chi connectivity index (χ2n) is 5.07. The molecule has 0 unspecified atom stereocenters. The minimum Gasteiger partial charge on any atom is -0.391 e. The molecule has 7 nitrogen and oxygen atoms in total. The van der Waals surface area contributed by atoms with Gasteiger partial charge in [-0.25, -0.2) is 14.8 Å². The minimum atomic E-state index is -0.361. The minimum absolute atomic E-state index is 0.204. The maximum absolute atomic E-state index is 11.6. The quantitative estimate of drug-likeness (QED) is 0.652. The summed E-state index contributed by atoms with van der Waals surface area (Å²) in [4.78, 5) is 24.6. The Balaban J connectivity index is 2.44. The maximum atomic E-state index is 11.6. The van der Waals surface area contributed by atoms with E-state index in [0.29, 0.717) is 34.8 Å². The molecule has 0 aliphatic rings. The molecule has 0 aromatic carbocycles. The second kappa shape index (κ2) is 9.28. The van der Waals surface area contributed by atoms with Gasteiger partial charge in [-0.3, -0.25) is 10.3 Å². The first-order chi connectivity index (χ1) is 12.4. The average molecular weight is 394 g/mol. The molecule has 2 aromatic rings. The molecule has 0 bridgehead atoms. The Morgan fingerprint density at radius 2 is 2.08 bits per heavy atom. The fraction of sp³-hybridized carbons (Fsp3) is 0.176. The Kier molecular flexibility index (Phi) is 7.08. The third-order valence-electron chi connectivity index (χ3n) is 3.06. The predicted molar refractivity (Wildman–Crippen MR) is 104 cm³/mol. The molecule has 0 fully saturated rings. The van der Waals surface area contributed by atoms with Crippen LogP contribution in [0.4, 0.5) is 10.6 Å². The van der Waals surface area contributed by atoms with Crippen LogP contribution in [-0.4, -0.2) is 39.2 Å². The first-order valence-electron chi connectivity index (χ1n) is 7.65. The van der Waals surface area contributed by atoms with Crippen LogP contribution < -0.4 is 10.6 Å². The van der Waals surface area contributed by atoms with Gasteiger partial charge in [0.2, 0.25) is 0 Å². The van der Waals surface area contributed by atoms with Gasteiger partial charge in [0.25, 0.3) is 0 Å². The van der Waals surface area contributed by atoms with Gasteiger partial charge in [0.15, 0.2) is 5.65 Å². The fourth-order valence-electron chi connectivity index (χ4n) is 2.00. The van der Waals surface area contributed by atoms with Crippen LogP contribution in [0, 0.1) is 0 Å². The number of allylic oxidation sites excluding steroid dienone is 4. The molecule has 0 spiro atoms. The van der Waals surface area contributed by atoms with Gasteiger partial charge in [-0.15, -0.1) is 0 Å². The number of carbonyl (C=O) groups is 1. The summed E-state index contributed by atoms with van der Waals surface area (Å²) >= 11 is 11.8. The summed E-state index contributed by atoms with van der Waals surface area (Å²) in [7, 11) is 0. The number of hydrogen-bond acceptors (Lipinski definition) is 5. The zero-order valence-electron chi connectivity index (χ0n) is 14.0. The molecule has 136 valence electrons. The van der Waals surface area contributed by atoms with E-state index in [1.807, 2.05) is 6.92 Å². The van der Waals surface area contributed by atoms with E-state index < -0.39 is 0 Å². The van der Waals surface area contributed by atoms with Gasteiger partial charge in [-0.2, -0.15) is 0 Å². The molecular formula is C17H17Cl2N5O2. The molecule has 3 N–H and O–H groups in total. The number of urea groups is 1. The highest BCUT2D eigenvalue weighted by atomic mass is 35.5. The highest BCUT2D eigenvalue weighted by Crippen LogP contribution is 2.21. The van der Waals surface area contributed by atoms with Gasteiger partial charge in [0.05, 0.1) is 18.5 Å². The summed E-state index contributed by atoms with van der Waals surface area (Å²) in [6.45, 7) is 5.60. The highest BCUT2D eigenvalue weighted by Gasteiger charge is 2.08. The van der Waals surface area contributed by atoms with Crippen molar-refractivity contribution < 1.29 is 9.90 Å². The Morgan fingerprint density at radius 1 is 1.31 bits per heavy atom. The highest BCUT2D eigenvalue weighted by molar-refractivity contribution is 6.32. The Bertz CT molecular complexity index is 896. The number of rotatable bonds is 6. The lowest BCUT2D eigenvalue weighted by Gasteiger charge is -2.07. The van der Waals surface area contributed by atoms with Crippen molar-refractivity contribution in [2.24, 2.45) is 0 Å². The molecule has 2 rings (SSSR count). The van der Waals surface area contributed by atoms with Gasteiger partial charge in [0, 0.05) is 22.2 Å². The van der Waals surface area contributed by atoms with Crippen molar-refractivity contribution >= 4 is 51.8 Å². The standard InChI is InChI=1S/C17H17Cl2N5O2/c1-3-20-17(26)24-15-5-4-13-16(23-15)22-14(8-21-13)11(6-10(2)18)7-12(19)9-25/h4-8,25H,2-3,9H2,1H3,(H2,20,22,23,24,26)/b11-6+,12-7+. The predicted octanol–water partition coefficient (Wildman–Crippen LogP) is 3.42. The van der Waals surface area contributed by atoms with E-state index in [1.54, 1.807) is 18.2 Å². The van der Waals surface area contributed by atoms with E-state index in [0.717, 1.165) is 0 Å². The summed E-state index contributed by atoms with van der Waals surface area (Å²) in [5, 5.41) is 14.8. The molecule has 0 aliphatic carbocycles. The first-order valence-corrected chi connectivity index (χ1v) is 8.40. The third kappa shape index (κ3) is 5.52. The van der Waals surface area contributed by atoms with Crippen molar-refractivity contribution in [3.8, 4) is 0 Å². The Labute approximate surface area is 160 Å². The topological polar surface area (TPSA) is 100 Å². The van der Waals surface area contributed by atoms with Crippen LogP contribution in [0.3, 0.4) is 0 Å². The molecule has 2 amide bonds. The van der Waals surface area contributed by atoms with Crippen molar-refractivity contribution in [2.75, 3.05) is 18.5 Å².